The minimum Gasteiger partial charge on any atom is -0.368 e. The van der Waals surface area contributed by atoms with Crippen LogP contribution in [-0.2, 0) is 22.9 Å². The summed E-state index contributed by atoms with van der Waals surface area (Å²) in [6, 6.07) is 3.95. The minimum absolute atomic E-state index is 0.0485. The Morgan fingerprint density at radius 3 is 2.95 bits per heavy atom. The highest BCUT2D eigenvalue weighted by Crippen LogP contribution is 2.24. The molecule has 1 aliphatic carbocycles. The lowest BCUT2D eigenvalue weighted by Gasteiger charge is -2.09. The van der Waals surface area contributed by atoms with Gasteiger partial charge in [-0.1, -0.05) is 0 Å². The average Bonchev–Trinajstić information content (AvgIpc) is 2.84. The van der Waals surface area contributed by atoms with Crippen molar-refractivity contribution in [3.63, 3.8) is 0 Å². The second-order valence-electron chi connectivity index (χ2n) is 4.41. The Kier molecular flexibility index (Phi) is 4.02. The van der Waals surface area contributed by atoms with Gasteiger partial charge in [-0.15, -0.1) is 0 Å². The minimum atomic E-state index is -3.24. The quantitative estimate of drug-likeness (QED) is 0.814. The fraction of sp³-hybridized carbons (Fsp3) is 0.500. The van der Waals surface area contributed by atoms with E-state index in [1.54, 1.807) is 0 Å². The van der Waals surface area contributed by atoms with Crippen molar-refractivity contribution >= 4 is 15.8 Å². The van der Waals surface area contributed by atoms with Gasteiger partial charge in [-0.2, -0.15) is 5.26 Å². The van der Waals surface area contributed by atoms with Crippen molar-refractivity contribution in [1.82, 2.24) is 9.71 Å². The highest BCUT2D eigenvalue weighted by molar-refractivity contribution is 7.89. The summed E-state index contributed by atoms with van der Waals surface area (Å²) < 4.78 is 24.8. The molecule has 0 bridgehead atoms. The van der Waals surface area contributed by atoms with E-state index in [0.29, 0.717) is 11.4 Å². The standard InChI is InChI=1S/C12H16N4O2S/c1-14-19(17,18)6-5-15-12-10(8-13)7-9-3-2-4-11(9)16-12/h7,14H,2-6H2,1H3,(H,15,16). The zero-order chi connectivity index (χ0) is 13.9. The molecule has 2 rings (SSSR count). The third-order valence-corrected chi connectivity index (χ3v) is 4.51. The van der Waals surface area contributed by atoms with Crippen LogP contribution < -0.4 is 10.0 Å². The van der Waals surface area contributed by atoms with Gasteiger partial charge in [0.15, 0.2) is 0 Å². The van der Waals surface area contributed by atoms with Crippen LogP contribution in [0.5, 0.6) is 0 Å². The molecular formula is C12H16N4O2S. The third-order valence-electron chi connectivity index (χ3n) is 3.15. The molecule has 1 heterocycles. The van der Waals surface area contributed by atoms with Gasteiger partial charge in [-0.25, -0.2) is 18.1 Å². The predicted molar refractivity (Wildman–Crippen MR) is 72.3 cm³/mol. The van der Waals surface area contributed by atoms with Crippen molar-refractivity contribution < 1.29 is 8.42 Å². The van der Waals surface area contributed by atoms with Crippen LogP contribution in [0.4, 0.5) is 5.82 Å². The summed E-state index contributed by atoms with van der Waals surface area (Å²) in [6.45, 7) is 0.226. The van der Waals surface area contributed by atoms with Crippen LogP contribution in [0.25, 0.3) is 0 Å². The number of nitriles is 1. The molecule has 0 aliphatic heterocycles. The summed E-state index contributed by atoms with van der Waals surface area (Å²) in [4.78, 5) is 4.42. The number of nitrogens with zero attached hydrogens (tertiary/aromatic N) is 2. The maximum Gasteiger partial charge on any atom is 0.213 e. The molecule has 0 radical (unpaired) electrons. The van der Waals surface area contributed by atoms with Crippen LogP contribution in [0.15, 0.2) is 6.07 Å². The molecule has 102 valence electrons. The zero-order valence-corrected chi connectivity index (χ0v) is 11.5. The van der Waals surface area contributed by atoms with Crippen LogP contribution in [0.2, 0.25) is 0 Å². The Labute approximate surface area is 112 Å². The van der Waals surface area contributed by atoms with Gasteiger partial charge in [0, 0.05) is 12.2 Å². The zero-order valence-electron chi connectivity index (χ0n) is 10.7. The first-order valence-electron chi connectivity index (χ1n) is 6.13. The van der Waals surface area contributed by atoms with Gasteiger partial charge in [0.2, 0.25) is 10.0 Å². The smallest absolute Gasteiger partial charge is 0.213 e. The highest BCUT2D eigenvalue weighted by Gasteiger charge is 2.16. The number of aromatic nitrogens is 1. The van der Waals surface area contributed by atoms with Crippen molar-refractivity contribution in [1.29, 1.82) is 5.26 Å². The number of nitrogens with one attached hydrogen (secondary N) is 2. The average molecular weight is 280 g/mol. The van der Waals surface area contributed by atoms with Gasteiger partial charge in [-0.3, -0.25) is 0 Å². The van der Waals surface area contributed by atoms with E-state index in [2.05, 4.69) is 21.1 Å². The Hall–Kier alpha value is -1.65. The molecule has 0 unspecified atom stereocenters. The Morgan fingerprint density at radius 1 is 1.47 bits per heavy atom. The van der Waals surface area contributed by atoms with E-state index in [9.17, 15) is 8.42 Å². The van der Waals surface area contributed by atoms with E-state index in [1.807, 2.05) is 6.07 Å². The van der Waals surface area contributed by atoms with Gasteiger partial charge in [0.25, 0.3) is 0 Å². The monoisotopic (exact) mass is 280 g/mol. The van der Waals surface area contributed by atoms with Crippen molar-refractivity contribution in [2.75, 3.05) is 24.7 Å². The van der Waals surface area contributed by atoms with E-state index in [-0.39, 0.29) is 12.3 Å². The molecule has 1 aromatic rings. The lowest BCUT2D eigenvalue weighted by Crippen LogP contribution is -2.26. The van der Waals surface area contributed by atoms with Crippen molar-refractivity contribution in [2.45, 2.75) is 19.3 Å². The molecule has 0 amide bonds. The second-order valence-corrected chi connectivity index (χ2v) is 6.45. The molecular weight excluding hydrogens is 264 g/mol. The normalized spacial score (nSPS) is 13.9. The molecule has 6 nitrogen and oxygen atoms in total. The van der Waals surface area contributed by atoms with E-state index in [4.69, 9.17) is 5.26 Å². The molecule has 0 spiro atoms. The molecule has 1 aliphatic rings. The highest BCUT2D eigenvalue weighted by atomic mass is 32.2. The van der Waals surface area contributed by atoms with Crippen LogP contribution in [0, 0.1) is 11.3 Å². The van der Waals surface area contributed by atoms with Crippen molar-refractivity contribution in [3.8, 4) is 6.07 Å². The van der Waals surface area contributed by atoms with Gasteiger partial charge in [0.05, 0.1) is 11.3 Å². The summed E-state index contributed by atoms with van der Waals surface area (Å²) in [6.07, 6.45) is 2.95. The fourth-order valence-corrected chi connectivity index (χ4v) is 2.67. The van der Waals surface area contributed by atoms with Crippen molar-refractivity contribution in [2.24, 2.45) is 0 Å². The lowest BCUT2D eigenvalue weighted by atomic mass is 10.1. The largest absolute Gasteiger partial charge is 0.368 e. The summed E-state index contributed by atoms with van der Waals surface area (Å²) >= 11 is 0. The SMILES string of the molecule is CNS(=O)(=O)CCNc1nc2c(cc1C#N)CCC2. The molecule has 0 saturated heterocycles. The summed E-state index contributed by atoms with van der Waals surface area (Å²) in [7, 11) is -1.87. The number of anilines is 1. The van der Waals surface area contributed by atoms with Crippen LogP contribution >= 0.6 is 0 Å². The van der Waals surface area contributed by atoms with Gasteiger partial charge >= 0.3 is 0 Å². The first-order chi connectivity index (χ1) is 9.05. The number of aryl methyl sites for hydroxylation is 2. The molecule has 19 heavy (non-hydrogen) atoms. The van der Waals surface area contributed by atoms with Gasteiger partial charge in [-0.05, 0) is 37.9 Å². The molecule has 7 heteroatoms. The second kappa shape index (κ2) is 5.55. The van der Waals surface area contributed by atoms with Crippen LogP contribution in [0.3, 0.4) is 0 Å². The Balaban J connectivity index is 2.10. The van der Waals surface area contributed by atoms with Gasteiger partial charge < -0.3 is 5.32 Å². The third kappa shape index (κ3) is 3.22. The van der Waals surface area contributed by atoms with E-state index >= 15 is 0 Å². The Morgan fingerprint density at radius 2 is 2.26 bits per heavy atom. The first kappa shape index (κ1) is 13.8. The maximum absolute atomic E-state index is 11.3. The van der Waals surface area contributed by atoms with Gasteiger partial charge in [0.1, 0.15) is 11.9 Å². The maximum atomic E-state index is 11.3. The van der Waals surface area contributed by atoms with Crippen molar-refractivity contribution in [3.05, 3.63) is 22.9 Å². The lowest BCUT2D eigenvalue weighted by molar-refractivity contribution is 0.588. The van der Waals surface area contributed by atoms with Crippen LogP contribution in [-0.4, -0.2) is 32.7 Å². The Bertz CT molecular complexity index is 619. The number of pyridine rings is 1. The molecule has 0 saturated carbocycles. The number of hydrogen-bond donors (Lipinski definition) is 2. The first-order valence-corrected chi connectivity index (χ1v) is 7.79. The molecule has 0 aromatic carbocycles. The summed E-state index contributed by atoms with van der Waals surface area (Å²) in [5.74, 6) is 0.432. The number of rotatable bonds is 5. The molecule has 1 aromatic heterocycles. The number of hydrogen-bond acceptors (Lipinski definition) is 5. The molecule has 0 atom stereocenters. The van der Waals surface area contributed by atoms with E-state index < -0.39 is 10.0 Å². The van der Waals surface area contributed by atoms with E-state index in [1.165, 1.54) is 7.05 Å². The topological polar surface area (TPSA) is 94.9 Å². The summed E-state index contributed by atoms with van der Waals surface area (Å²) in [5.41, 5.74) is 2.62. The molecule has 0 fully saturated rings. The summed E-state index contributed by atoms with van der Waals surface area (Å²) in [5, 5.41) is 12.0. The van der Waals surface area contributed by atoms with E-state index in [0.717, 1.165) is 30.5 Å². The fourth-order valence-electron chi connectivity index (χ4n) is 2.10. The predicted octanol–water partition coefficient (Wildman–Crippen LogP) is 0.403. The number of sulfonamides is 1. The molecule has 2 N–H and O–H groups in total. The number of fused-ring (bicyclic) bond motifs is 1. The van der Waals surface area contributed by atoms with Crippen LogP contribution in [0.1, 0.15) is 23.2 Å².